The van der Waals surface area contributed by atoms with Gasteiger partial charge in [-0.3, -0.25) is 4.79 Å². The van der Waals surface area contributed by atoms with E-state index in [1.165, 1.54) is 32.4 Å². The van der Waals surface area contributed by atoms with Crippen LogP contribution in [0.1, 0.15) is 36.2 Å². The van der Waals surface area contributed by atoms with E-state index < -0.39 is 0 Å². The van der Waals surface area contributed by atoms with E-state index in [0.717, 1.165) is 36.2 Å². The molecule has 0 atom stereocenters. The second-order valence-corrected chi connectivity index (χ2v) is 7.34. The maximum atomic E-state index is 12.5. The van der Waals surface area contributed by atoms with Crippen LogP contribution in [-0.4, -0.2) is 60.0 Å². The second kappa shape index (κ2) is 8.53. The molecule has 0 spiro atoms. The molecule has 27 heavy (non-hydrogen) atoms. The number of hydrogen-bond donors (Lipinski definition) is 0. The number of piperidine rings is 1. The van der Waals surface area contributed by atoms with Crippen LogP contribution in [0.15, 0.2) is 42.5 Å². The molecule has 2 aliphatic heterocycles. The normalized spacial score (nSPS) is 17.6. The summed E-state index contributed by atoms with van der Waals surface area (Å²) in [5, 5.41) is 1.000. The molecule has 2 aromatic rings. The Morgan fingerprint density at radius 3 is 2.67 bits per heavy atom. The topological polar surface area (TPSA) is 45.7 Å². The number of carbonyl (C=O) groups excluding carboxylic acids is 1. The molecule has 0 bridgehead atoms. The molecule has 0 aliphatic carbocycles. The van der Waals surface area contributed by atoms with Crippen molar-refractivity contribution in [1.82, 2.24) is 14.8 Å². The van der Waals surface area contributed by atoms with Crippen molar-refractivity contribution in [3.8, 4) is 5.75 Å². The van der Waals surface area contributed by atoms with Gasteiger partial charge in [-0.1, -0.05) is 24.6 Å². The first kappa shape index (κ1) is 18.0. The first-order valence-corrected chi connectivity index (χ1v) is 10.00. The fourth-order valence-electron chi connectivity index (χ4n) is 3.78. The molecule has 1 aromatic carbocycles. The number of carbonyl (C=O) groups is 1. The highest BCUT2D eigenvalue weighted by molar-refractivity contribution is 5.95. The molecule has 0 unspecified atom stereocenters. The maximum absolute atomic E-state index is 12.5. The zero-order valence-electron chi connectivity index (χ0n) is 15.8. The van der Waals surface area contributed by atoms with Gasteiger partial charge in [-0.15, -0.1) is 0 Å². The van der Waals surface area contributed by atoms with Gasteiger partial charge >= 0.3 is 0 Å². The number of fused-ring (bicyclic) bond motifs is 1. The molecule has 5 heteroatoms. The van der Waals surface area contributed by atoms with Crippen LogP contribution in [0.25, 0.3) is 10.9 Å². The Morgan fingerprint density at radius 2 is 1.85 bits per heavy atom. The van der Waals surface area contributed by atoms with Gasteiger partial charge in [-0.25, -0.2) is 4.98 Å². The van der Waals surface area contributed by atoms with Crippen molar-refractivity contribution < 1.29 is 9.53 Å². The minimum Gasteiger partial charge on any atom is -0.494 e. The summed E-state index contributed by atoms with van der Waals surface area (Å²) >= 11 is 0. The van der Waals surface area contributed by atoms with Gasteiger partial charge in [0.1, 0.15) is 11.4 Å². The van der Waals surface area contributed by atoms with Gasteiger partial charge in [0.05, 0.1) is 12.1 Å². The van der Waals surface area contributed by atoms with Crippen LogP contribution in [-0.2, 0) is 0 Å². The second-order valence-electron chi connectivity index (χ2n) is 7.34. The Kier molecular flexibility index (Phi) is 5.68. The number of pyridine rings is 1. The van der Waals surface area contributed by atoms with Crippen LogP contribution in [0.2, 0.25) is 0 Å². The molecule has 4 rings (SSSR count). The lowest BCUT2D eigenvalue weighted by Gasteiger charge is -2.26. The van der Waals surface area contributed by atoms with Crippen molar-refractivity contribution in [3.05, 3.63) is 48.2 Å². The maximum Gasteiger partial charge on any atom is 0.273 e. The number of ether oxygens (including phenoxy) is 1. The third-order valence-electron chi connectivity index (χ3n) is 5.32. The number of nitrogens with zero attached hydrogens (tertiary/aromatic N) is 3. The van der Waals surface area contributed by atoms with Gasteiger partial charge in [0.2, 0.25) is 0 Å². The summed E-state index contributed by atoms with van der Waals surface area (Å²) in [7, 11) is 0. The fraction of sp³-hybridized carbons (Fsp3) is 0.455. The van der Waals surface area contributed by atoms with E-state index in [2.05, 4.69) is 9.88 Å². The first-order valence-electron chi connectivity index (χ1n) is 10.00. The van der Waals surface area contributed by atoms with E-state index in [1.807, 2.05) is 42.5 Å². The molecule has 5 nitrogen and oxygen atoms in total. The van der Waals surface area contributed by atoms with Crippen LogP contribution in [0.4, 0.5) is 0 Å². The molecule has 1 amide bonds. The predicted molar refractivity (Wildman–Crippen MR) is 107 cm³/mol. The average Bonchev–Trinajstić information content (AvgIpc) is 3.26. The highest BCUT2D eigenvalue weighted by atomic mass is 16.5. The molecular formula is C22H27N3O2. The minimum absolute atomic E-state index is 0.0139. The predicted octanol–water partition coefficient (Wildman–Crippen LogP) is 3.50. The van der Waals surface area contributed by atoms with E-state index in [9.17, 15) is 4.79 Å². The van der Waals surface area contributed by atoms with Crippen molar-refractivity contribution in [2.45, 2.75) is 25.7 Å². The van der Waals surface area contributed by atoms with Gasteiger partial charge in [0.15, 0.2) is 0 Å². The number of amides is 1. The van der Waals surface area contributed by atoms with Crippen molar-refractivity contribution in [2.24, 2.45) is 0 Å². The fourth-order valence-corrected chi connectivity index (χ4v) is 3.78. The molecule has 3 heterocycles. The van der Waals surface area contributed by atoms with Gasteiger partial charge < -0.3 is 14.5 Å². The smallest absolute Gasteiger partial charge is 0.273 e. The molecule has 0 N–H and O–H groups in total. The highest BCUT2D eigenvalue weighted by Crippen LogP contribution is 2.21. The number of hydrogen-bond acceptors (Lipinski definition) is 4. The van der Waals surface area contributed by atoms with Crippen molar-refractivity contribution in [1.29, 1.82) is 0 Å². The average molecular weight is 365 g/mol. The van der Waals surface area contributed by atoms with Gasteiger partial charge in [0.25, 0.3) is 5.91 Å². The summed E-state index contributed by atoms with van der Waals surface area (Å²) < 4.78 is 5.93. The Hall–Kier alpha value is -2.40. The molecule has 1 fully saturated rings. The minimum atomic E-state index is -0.0139. The Labute approximate surface area is 160 Å². The lowest BCUT2D eigenvalue weighted by Crippen LogP contribution is -2.31. The molecule has 2 aliphatic rings. The van der Waals surface area contributed by atoms with Crippen molar-refractivity contribution >= 4 is 16.8 Å². The third kappa shape index (κ3) is 4.48. The van der Waals surface area contributed by atoms with E-state index in [4.69, 9.17) is 4.74 Å². The summed E-state index contributed by atoms with van der Waals surface area (Å²) in [5.74, 6) is 0.853. The number of benzene rings is 1. The van der Waals surface area contributed by atoms with E-state index in [1.54, 1.807) is 4.90 Å². The Balaban J connectivity index is 1.33. The SMILES string of the molecule is O=C(c1ccc2cc(OCCCN3CCCCC3)ccc2n1)N1CC=CC1. The number of likely N-dealkylation sites (tertiary alicyclic amines) is 1. The lowest BCUT2D eigenvalue weighted by molar-refractivity contribution is 0.0794. The van der Waals surface area contributed by atoms with Crippen LogP contribution in [0.3, 0.4) is 0 Å². The third-order valence-corrected chi connectivity index (χ3v) is 5.32. The monoisotopic (exact) mass is 365 g/mol. The quantitative estimate of drug-likeness (QED) is 0.581. The van der Waals surface area contributed by atoms with Crippen molar-refractivity contribution in [2.75, 3.05) is 39.3 Å². The largest absolute Gasteiger partial charge is 0.494 e. The van der Waals surface area contributed by atoms with Gasteiger partial charge in [0, 0.05) is 25.0 Å². The molecule has 1 aromatic heterocycles. The Bertz CT molecular complexity index is 819. The van der Waals surface area contributed by atoms with Crippen LogP contribution in [0.5, 0.6) is 5.75 Å². The summed E-state index contributed by atoms with van der Waals surface area (Å²) in [6, 6.07) is 9.66. The number of aromatic nitrogens is 1. The lowest BCUT2D eigenvalue weighted by atomic mass is 10.1. The van der Waals surface area contributed by atoms with Crippen LogP contribution >= 0.6 is 0 Å². The van der Waals surface area contributed by atoms with Crippen LogP contribution in [0, 0.1) is 0 Å². The van der Waals surface area contributed by atoms with E-state index in [0.29, 0.717) is 18.8 Å². The summed E-state index contributed by atoms with van der Waals surface area (Å²) in [6.07, 6.45) is 9.10. The Morgan fingerprint density at radius 1 is 1.04 bits per heavy atom. The van der Waals surface area contributed by atoms with Crippen LogP contribution < -0.4 is 4.74 Å². The van der Waals surface area contributed by atoms with E-state index in [-0.39, 0.29) is 5.91 Å². The first-order chi connectivity index (χ1) is 13.3. The summed E-state index contributed by atoms with van der Waals surface area (Å²) in [4.78, 5) is 21.3. The summed E-state index contributed by atoms with van der Waals surface area (Å²) in [6.45, 7) is 5.65. The van der Waals surface area contributed by atoms with E-state index >= 15 is 0 Å². The zero-order valence-corrected chi connectivity index (χ0v) is 15.8. The molecular weight excluding hydrogens is 338 g/mol. The summed E-state index contributed by atoms with van der Waals surface area (Å²) in [5.41, 5.74) is 1.33. The van der Waals surface area contributed by atoms with Gasteiger partial charge in [-0.05, 0) is 56.6 Å². The highest BCUT2D eigenvalue weighted by Gasteiger charge is 2.17. The number of rotatable bonds is 6. The standard InChI is InChI=1S/C22H27N3O2/c26-22(25-14-4-5-15-25)21-9-7-18-17-19(8-10-20(18)23-21)27-16-6-13-24-11-2-1-3-12-24/h4-5,7-10,17H,1-3,6,11-16H2. The zero-order chi connectivity index (χ0) is 18.5. The molecule has 142 valence electrons. The van der Waals surface area contributed by atoms with Gasteiger partial charge in [-0.2, -0.15) is 0 Å². The van der Waals surface area contributed by atoms with Crippen molar-refractivity contribution in [3.63, 3.8) is 0 Å². The molecule has 0 saturated carbocycles. The molecule has 0 radical (unpaired) electrons. The molecule has 1 saturated heterocycles.